The molecule has 4 nitrogen and oxygen atoms in total. The SMILES string of the molecule is CCOC(=O)C1=C(c2ccccc2)SC(=C2C(=S)C(C)(C)Nc3ccc(OC)cc32)S1. The van der Waals surface area contributed by atoms with Gasteiger partial charge in [0, 0.05) is 26.6 Å². The Bertz CT molecular complexity index is 1120. The number of thioether (sulfide) groups is 2. The minimum Gasteiger partial charge on any atom is -0.497 e. The van der Waals surface area contributed by atoms with E-state index in [0.29, 0.717) is 11.5 Å². The predicted molar refractivity (Wildman–Crippen MR) is 135 cm³/mol. The molecule has 4 rings (SSSR count). The van der Waals surface area contributed by atoms with Crippen molar-refractivity contribution in [3.63, 3.8) is 0 Å². The van der Waals surface area contributed by atoms with E-state index in [0.717, 1.165) is 42.1 Å². The van der Waals surface area contributed by atoms with Crippen LogP contribution in [0, 0.1) is 0 Å². The van der Waals surface area contributed by atoms with E-state index in [1.165, 1.54) is 11.8 Å². The molecule has 0 saturated heterocycles. The Kier molecular flexibility index (Phi) is 6.19. The van der Waals surface area contributed by atoms with Crippen LogP contribution < -0.4 is 10.1 Å². The summed E-state index contributed by atoms with van der Waals surface area (Å²) in [5.74, 6) is 0.454. The lowest BCUT2D eigenvalue weighted by atomic mass is 9.85. The van der Waals surface area contributed by atoms with Crippen LogP contribution in [-0.2, 0) is 9.53 Å². The third-order valence-corrected chi connectivity index (χ3v) is 8.38. The summed E-state index contributed by atoms with van der Waals surface area (Å²) in [6.45, 7) is 6.30. The topological polar surface area (TPSA) is 47.6 Å². The number of methoxy groups -OCH3 is 1. The van der Waals surface area contributed by atoms with Crippen molar-refractivity contribution >= 4 is 62.7 Å². The minimum absolute atomic E-state index is 0.306. The van der Waals surface area contributed by atoms with Gasteiger partial charge in [-0.05, 0) is 44.5 Å². The first-order chi connectivity index (χ1) is 14.9. The maximum absolute atomic E-state index is 12.8. The number of carbonyl (C=O) groups excluding carboxylic acids is 1. The third kappa shape index (κ3) is 4.14. The monoisotopic (exact) mass is 469 g/mol. The molecule has 31 heavy (non-hydrogen) atoms. The molecule has 160 valence electrons. The highest BCUT2D eigenvalue weighted by Crippen LogP contribution is 2.58. The molecule has 2 aliphatic heterocycles. The molecule has 0 saturated carbocycles. The van der Waals surface area contributed by atoms with Crippen LogP contribution in [0.4, 0.5) is 5.69 Å². The van der Waals surface area contributed by atoms with E-state index in [1.807, 2.05) is 55.5 Å². The molecule has 0 radical (unpaired) electrons. The molecule has 0 atom stereocenters. The van der Waals surface area contributed by atoms with Crippen molar-refractivity contribution in [1.82, 2.24) is 0 Å². The smallest absolute Gasteiger partial charge is 0.346 e. The van der Waals surface area contributed by atoms with Crippen molar-refractivity contribution in [2.24, 2.45) is 0 Å². The van der Waals surface area contributed by atoms with E-state index in [-0.39, 0.29) is 5.97 Å². The van der Waals surface area contributed by atoms with Crippen molar-refractivity contribution in [1.29, 1.82) is 0 Å². The third-order valence-electron chi connectivity index (χ3n) is 5.03. The van der Waals surface area contributed by atoms with E-state index >= 15 is 0 Å². The molecule has 2 aromatic rings. The highest BCUT2D eigenvalue weighted by molar-refractivity contribution is 8.32. The fourth-order valence-electron chi connectivity index (χ4n) is 3.51. The van der Waals surface area contributed by atoms with Gasteiger partial charge in [0.1, 0.15) is 10.7 Å². The molecule has 1 N–H and O–H groups in total. The number of ether oxygens (including phenoxy) is 2. The summed E-state index contributed by atoms with van der Waals surface area (Å²) in [7, 11) is 1.65. The summed E-state index contributed by atoms with van der Waals surface area (Å²) >= 11 is 8.96. The number of fused-ring (bicyclic) bond motifs is 1. The number of benzene rings is 2. The lowest BCUT2D eigenvalue weighted by Crippen LogP contribution is -2.43. The molecular formula is C24H23NO3S3. The predicted octanol–water partition coefficient (Wildman–Crippen LogP) is 6.35. The van der Waals surface area contributed by atoms with Gasteiger partial charge in [0.05, 0.1) is 23.5 Å². The lowest BCUT2D eigenvalue weighted by molar-refractivity contribution is -0.137. The summed E-state index contributed by atoms with van der Waals surface area (Å²) in [4.78, 5) is 15.1. The highest BCUT2D eigenvalue weighted by Gasteiger charge is 2.39. The Labute approximate surface area is 196 Å². The highest BCUT2D eigenvalue weighted by atomic mass is 32.2. The molecule has 0 fully saturated rings. The number of rotatable bonds is 4. The van der Waals surface area contributed by atoms with Gasteiger partial charge >= 0.3 is 5.97 Å². The number of anilines is 1. The summed E-state index contributed by atoms with van der Waals surface area (Å²) < 4.78 is 11.8. The van der Waals surface area contributed by atoms with Gasteiger partial charge in [-0.2, -0.15) is 0 Å². The Morgan fingerprint density at radius 1 is 1.13 bits per heavy atom. The number of hydrogen-bond donors (Lipinski definition) is 1. The maximum Gasteiger partial charge on any atom is 0.346 e. The summed E-state index contributed by atoms with van der Waals surface area (Å²) in [5.41, 5.74) is 3.53. The average molecular weight is 470 g/mol. The maximum atomic E-state index is 12.8. The zero-order chi connectivity index (χ0) is 22.2. The van der Waals surface area contributed by atoms with Gasteiger partial charge in [-0.3, -0.25) is 0 Å². The van der Waals surface area contributed by atoms with Crippen molar-refractivity contribution in [3.05, 3.63) is 68.8 Å². The summed E-state index contributed by atoms with van der Waals surface area (Å²) in [6.07, 6.45) is 0. The summed E-state index contributed by atoms with van der Waals surface area (Å²) in [5, 5.41) is 3.53. The summed E-state index contributed by atoms with van der Waals surface area (Å²) in [6, 6.07) is 15.9. The van der Waals surface area contributed by atoms with Gasteiger partial charge in [-0.25, -0.2) is 4.79 Å². The first kappa shape index (κ1) is 22.0. The quantitative estimate of drug-likeness (QED) is 0.318. The molecule has 0 aromatic heterocycles. The van der Waals surface area contributed by atoms with Crippen molar-refractivity contribution in [2.75, 3.05) is 19.0 Å². The normalized spacial score (nSPS) is 19.7. The van der Waals surface area contributed by atoms with Crippen molar-refractivity contribution in [2.45, 2.75) is 26.3 Å². The second-order valence-electron chi connectivity index (χ2n) is 7.60. The van der Waals surface area contributed by atoms with Crippen molar-refractivity contribution < 1.29 is 14.3 Å². The molecule has 0 spiro atoms. The molecule has 0 bridgehead atoms. The number of thiocarbonyl (C=S) groups is 1. The van der Waals surface area contributed by atoms with Gasteiger partial charge in [0.15, 0.2) is 0 Å². The molecule has 0 amide bonds. The average Bonchev–Trinajstić information content (AvgIpc) is 3.20. The van der Waals surface area contributed by atoms with E-state index in [9.17, 15) is 4.79 Å². The van der Waals surface area contributed by atoms with Gasteiger partial charge in [0.25, 0.3) is 0 Å². The molecule has 0 unspecified atom stereocenters. The Morgan fingerprint density at radius 3 is 2.55 bits per heavy atom. The van der Waals surface area contributed by atoms with Crippen LogP contribution in [0.2, 0.25) is 0 Å². The van der Waals surface area contributed by atoms with Crippen LogP contribution in [0.5, 0.6) is 5.75 Å². The lowest BCUT2D eigenvalue weighted by Gasteiger charge is -2.37. The van der Waals surface area contributed by atoms with Gasteiger partial charge in [-0.1, -0.05) is 66.1 Å². The van der Waals surface area contributed by atoms with E-state index in [1.54, 1.807) is 18.9 Å². The Balaban J connectivity index is 1.88. The number of carbonyl (C=O) groups is 1. The second-order valence-corrected chi connectivity index (χ2v) is 10.3. The number of nitrogens with one attached hydrogen (secondary N) is 1. The van der Waals surface area contributed by atoms with Gasteiger partial charge in [0.2, 0.25) is 0 Å². The van der Waals surface area contributed by atoms with E-state index in [2.05, 4.69) is 19.2 Å². The van der Waals surface area contributed by atoms with Crippen LogP contribution in [0.25, 0.3) is 10.5 Å². The van der Waals surface area contributed by atoms with E-state index < -0.39 is 5.54 Å². The molecule has 2 heterocycles. The fraction of sp³-hybridized carbons (Fsp3) is 0.250. The molecule has 2 aromatic carbocycles. The second kappa shape index (κ2) is 8.73. The minimum atomic E-state index is -0.403. The molecule has 0 aliphatic carbocycles. The molecule has 7 heteroatoms. The van der Waals surface area contributed by atoms with Crippen LogP contribution in [0.1, 0.15) is 31.9 Å². The van der Waals surface area contributed by atoms with E-state index in [4.69, 9.17) is 21.7 Å². The Hall–Kier alpha value is -2.22. The largest absolute Gasteiger partial charge is 0.497 e. The Morgan fingerprint density at radius 2 is 1.87 bits per heavy atom. The number of esters is 1. The van der Waals surface area contributed by atoms with Gasteiger partial charge < -0.3 is 14.8 Å². The first-order valence-corrected chi connectivity index (χ1v) is 12.0. The van der Waals surface area contributed by atoms with Crippen molar-refractivity contribution in [3.8, 4) is 5.75 Å². The fourth-order valence-corrected chi connectivity index (χ4v) is 6.60. The zero-order valence-electron chi connectivity index (χ0n) is 17.8. The molecule has 2 aliphatic rings. The van der Waals surface area contributed by atoms with Crippen LogP contribution in [0.15, 0.2) is 57.7 Å². The van der Waals surface area contributed by atoms with Crippen LogP contribution in [0.3, 0.4) is 0 Å². The standard InChI is InChI=1S/C24H23NO3S3/c1-5-28-22(26)20-19(14-9-7-6-8-10-14)30-23(31-20)18-16-13-15(27-4)11-12-17(16)25-24(2,3)21(18)29/h6-13,25H,5H2,1-4H3. The molecular weight excluding hydrogens is 446 g/mol. The number of hydrogen-bond acceptors (Lipinski definition) is 7. The zero-order valence-corrected chi connectivity index (χ0v) is 20.2. The van der Waals surface area contributed by atoms with Crippen LogP contribution >= 0.6 is 35.7 Å². The first-order valence-electron chi connectivity index (χ1n) is 9.94. The van der Waals surface area contributed by atoms with Crippen LogP contribution in [-0.4, -0.2) is 30.1 Å². The van der Waals surface area contributed by atoms with Gasteiger partial charge in [-0.15, -0.1) is 0 Å².